The summed E-state index contributed by atoms with van der Waals surface area (Å²) in [6.45, 7) is 1.08. The number of rotatable bonds is 6. The highest BCUT2D eigenvalue weighted by Crippen LogP contribution is 2.26. The average Bonchev–Trinajstić information content (AvgIpc) is 2.63. The minimum absolute atomic E-state index is 0.0256. The van der Waals surface area contributed by atoms with E-state index >= 15 is 0 Å². The van der Waals surface area contributed by atoms with Gasteiger partial charge >= 0.3 is 5.97 Å². The van der Waals surface area contributed by atoms with Gasteiger partial charge in [-0.05, 0) is 30.5 Å². The number of nitrogens with zero attached hydrogens (tertiary/aromatic N) is 2. The molecule has 0 unspecified atom stereocenters. The van der Waals surface area contributed by atoms with Crippen LogP contribution in [0.15, 0.2) is 48.7 Å². The highest BCUT2D eigenvalue weighted by atomic mass is 16.4. The molecule has 0 saturated heterocycles. The van der Waals surface area contributed by atoms with Crippen molar-refractivity contribution in [3.63, 3.8) is 0 Å². The molecule has 5 nitrogen and oxygen atoms in total. The molecular formula is C20H24N2O3. The van der Waals surface area contributed by atoms with E-state index < -0.39 is 5.97 Å². The Morgan fingerprint density at radius 2 is 1.84 bits per heavy atom. The zero-order chi connectivity index (χ0) is 17.6. The first-order chi connectivity index (χ1) is 12.1. The molecule has 1 aliphatic carbocycles. The van der Waals surface area contributed by atoms with Crippen molar-refractivity contribution in [3.8, 4) is 0 Å². The van der Waals surface area contributed by atoms with Gasteiger partial charge in [0, 0.05) is 25.3 Å². The van der Waals surface area contributed by atoms with Gasteiger partial charge in [0.15, 0.2) is 0 Å². The van der Waals surface area contributed by atoms with Crippen LogP contribution in [0.5, 0.6) is 0 Å². The third-order valence-electron chi connectivity index (χ3n) is 4.86. The number of hydrogen-bond acceptors (Lipinski definition) is 4. The van der Waals surface area contributed by atoms with Gasteiger partial charge in [0.25, 0.3) is 0 Å². The van der Waals surface area contributed by atoms with Gasteiger partial charge < -0.3 is 10.2 Å². The number of benzene rings is 1. The maximum absolute atomic E-state index is 11.5. The van der Waals surface area contributed by atoms with E-state index in [4.69, 9.17) is 0 Å². The monoisotopic (exact) mass is 340 g/mol. The Hall–Kier alpha value is -2.24. The number of carboxylic acids is 1. The van der Waals surface area contributed by atoms with Crippen LogP contribution in [0.2, 0.25) is 0 Å². The van der Waals surface area contributed by atoms with Crippen molar-refractivity contribution >= 4 is 5.97 Å². The molecule has 3 rings (SSSR count). The molecule has 2 N–H and O–H groups in total. The summed E-state index contributed by atoms with van der Waals surface area (Å²) in [5.41, 5.74) is 1.92. The predicted octanol–water partition coefficient (Wildman–Crippen LogP) is 3.09. The maximum atomic E-state index is 11.5. The van der Waals surface area contributed by atoms with Gasteiger partial charge in [-0.25, -0.2) is 4.79 Å². The highest BCUT2D eigenvalue weighted by molar-refractivity contribution is 5.88. The van der Waals surface area contributed by atoms with E-state index in [1.54, 1.807) is 18.3 Å². The molecule has 132 valence electrons. The molecule has 1 fully saturated rings. The molecular weight excluding hydrogens is 316 g/mol. The fourth-order valence-corrected chi connectivity index (χ4v) is 3.58. The van der Waals surface area contributed by atoms with Crippen LogP contribution in [0.4, 0.5) is 0 Å². The van der Waals surface area contributed by atoms with E-state index in [-0.39, 0.29) is 17.7 Å². The Morgan fingerprint density at radius 1 is 1.08 bits per heavy atom. The molecule has 1 aliphatic rings. The lowest BCUT2D eigenvalue weighted by molar-refractivity contribution is 0.0107. The van der Waals surface area contributed by atoms with E-state index in [9.17, 15) is 15.0 Å². The summed E-state index contributed by atoms with van der Waals surface area (Å²) in [5.74, 6) is -0.966. The smallest absolute Gasteiger partial charge is 0.337 e. The number of aliphatic hydroxyl groups excluding tert-OH is 1. The summed E-state index contributed by atoms with van der Waals surface area (Å²) >= 11 is 0. The standard InChI is InChI=1S/C20H24N2O3/c23-19-11-5-4-10-18(19)22(13-15-7-2-1-3-8-15)14-17-16(20(24)25)9-6-12-21-17/h1-3,6-9,12,18-19,23H,4-5,10-11,13-14H2,(H,24,25)/t18-,19-/m1/s1. The van der Waals surface area contributed by atoms with Crippen molar-refractivity contribution in [2.24, 2.45) is 0 Å². The van der Waals surface area contributed by atoms with Gasteiger partial charge in [-0.1, -0.05) is 43.2 Å². The van der Waals surface area contributed by atoms with Crippen molar-refractivity contribution < 1.29 is 15.0 Å². The molecule has 0 bridgehead atoms. The lowest BCUT2D eigenvalue weighted by atomic mass is 9.90. The number of pyridine rings is 1. The molecule has 2 aromatic rings. The second kappa shape index (κ2) is 8.23. The normalized spacial score (nSPS) is 20.6. The predicted molar refractivity (Wildman–Crippen MR) is 95.1 cm³/mol. The summed E-state index contributed by atoms with van der Waals surface area (Å²) in [6.07, 6.45) is 5.09. The van der Waals surface area contributed by atoms with Crippen LogP contribution >= 0.6 is 0 Å². The number of aromatic carboxylic acids is 1. The Morgan fingerprint density at radius 3 is 2.56 bits per heavy atom. The third-order valence-corrected chi connectivity index (χ3v) is 4.86. The first-order valence-electron chi connectivity index (χ1n) is 8.78. The van der Waals surface area contributed by atoms with Crippen molar-refractivity contribution in [1.82, 2.24) is 9.88 Å². The maximum Gasteiger partial charge on any atom is 0.337 e. The Balaban J connectivity index is 1.87. The molecule has 5 heteroatoms. The van der Waals surface area contributed by atoms with Crippen LogP contribution in [0.25, 0.3) is 0 Å². The van der Waals surface area contributed by atoms with Gasteiger partial charge in [0.1, 0.15) is 0 Å². The van der Waals surface area contributed by atoms with Crippen molar-refractivity contribution in [2.45, 2.75) is 50.9 Å². The molecule has 0 amide bonds. The van der Waals surface area contributed by atoms with Crippen molar-refractivity contribution in [2.75, 3.05) is 0 Å². The number of hydrogen-bond donors (Lipinski definition) is 2. The fraction of sp³-hybridized carbons (Fsp3) is 0.400. The van der Waals surface area contributed by atoms with Gasteiger partial charge in [0.05, 0.1) is 17.4 Å². The van der Waals surface area contributed by atoms with Crippen LogP contribution in [0.1, 0.15) is 47.3 Å². The minimum atomic E-state index is -0.966. The summed E-state index contributed by atoms with van der Waals surface area (Å²) in [7, 11) is 0. The number of carboxylic acid groups (broad SMARTS) is 1. The molecule has 25 heavy (non-hydrogen) atoms. The quantitative estimate of drug-likeness (QED) is 0.845. The van der Waals surface area contributed by atoms with Crippen molar-refractivity contribution in [3.05, 3.63) is 65.5 Å². The van der Waals surface area contributed by atoms with Crippen LogP contribution < -0.4 is 0 Å². The van der Waals surface area contributed by atoms with Gasteiger partial charge in [-0.2, -0.15) is 0 Å². The van der Waals surface area contributed by atoms with E-state index in [1.165, 1.54) is 0 Å². The Bertz CT molecular complexity index is 705. The molecule has 1 aromatic heterocycles. The average molecular weight is 340 g/mol. The molecule has 0 radical (unpaired) electrons. The topological polar surface area (TPSA) is 73.7 Å². The molecule has 1 heterocycles. The molecule has 1 aromatic carbocycles. The zero-order valence-corrected chi connectivity index (χ0v) is 14.2. The third kappa shape index (κ3) is 4.44. The van der Waals surface area contributed by atoms with Crippen molar-refractivity contribution in [1.29, 1.82) is 0 Å². The fourth-order valence-electron chi connectivity index (χ4n) is 3.58. The number of aromatic nitrogens is 1. The molecule has 0 aliphatic heterocycles. The van der Waals surface area contributed by atoms with Crippen LogP contribution in [0.3, 0.4) is 0 Å². The first-order valence-corrected chi connectivity index (χ1v) is 8.78. The molecule has 2 atom stereocenters. The second-order valence-electron chi connectivity index (χ2n) is 6.61. The Labute approximate surface area is 147 Å². The molecule has 0 spiro atoms. The van der Waals surface area contributed by atoms with Crippen LogP contribution in [-0.4, -0.2) is 38.2 Å². The second-order valence-corrected chi connectivity index (χ2v) is 6.61. The molecule has 1 saturated carbocycles. The van der Waals surface area contributed by atoms with Gasteiger partial charge in [-0.15, -0.1) is 0 Å². The zero-order valence-electron chi connectivity index (χ0n) is 14.2. The van der Waals surface area contributed by atoms with Gasteiger partial charge in [-0.3, -0.25) is 9.88 Å². The minimum Gasteiger partial charge on any atom is -0.478 e. The first kappa shape index (κ1) is 17.6. The van der Waals surface area contributed by atoms with E-state index in [1.807, 2.05) is 18.2 Å². The van der Waals surface area contributed by atoms with Gasteiger partial charge in [0.2, 0.25) is 0 Å². The van der Waals surface area contributed by atoms with E-state index in [0.717, 1.165) is 31.2 Å². The summed E-state index contributed by atoms with van der Waals surface area (Å²) in [4.78, 5) is 18.0. The van der Waals surface area contributed by atoms with E-state index in [0.29, 0.717) is 18.8 Å². The van der Waals surface area contributed by atoms with Crippen LogP contribution in [-0.2, 0) is 13.1 Å². The van der Waals surface area contributed by atoms with Crippen LogP contribution in [0, 0.1) is 0 Å². The number of aliphatic hydroxyl groups is 1. The largest absolute Gasteiger partial charge is 0.478 e. The summed E-state index contributed by atoms with van der Waals surface area (Å²) in [6, 6.07) is 13.3. The number of carbonyl (C=O) groups is 1. The highest BCUT2D eigenvalue weighted by Gasteiger charge is 2.30. The summed E-state index contributed by atoms with van der Waals surface area (Å²) < 4.78 is 0. The lowest BCUT2D eigenvalue weighted by Gasteiger charge is -2.37. The SMILES string of the molecule is O=C(O)c1cccnc1CN(Cc1ccccc1)[C@@H]1CCCC[C@H]1O. The lowest BCUT2D eigenvalue weighted by Crippen LogP contribution is -2.45. The Kier molecular flexibility index (Phi) is 5.79. The summed E-state index contributed by atoms with van der Waals surface area (Å²) in [5, 5.41) is 19.9. The van der Waals surface area contributed by atoms with E-state index in [2.05, 4.69) is 22.0 Å².